The Labute approximate surface area is 194 Å². The number of amides is 2. The highest BCUT2D eigenvalue weighted by molar-refractivity contribution is 5.95. The van der Waals surface area contributed by atoms with E-state index in [0.29, 0.717) is 36.1 Å². The van der Waals surface area contributed by atoms with Crippen molar-refractivity contribution in [1.29, 1.82) is 0 Å². The molecule has 1 atom stereocenters. The minimum atomic E-state index is -0.222. The molecule has 0 saturated carbocycles. The summed E-state index contributed by atoms with van der Waals surface area (Å²) >= 11 is 0. The van der Waals surface area contributed by atoms with E-state index in [2.05, 4.69) is 18.8 Å². The molecule has 3 aliphatic rings. The van der Waals surface area contributed by atoms with Gasteiger partial charge in [-0.1, -0.05) is 12.5 Å². The van der Waals surface area contributed by atoms with Gasteiger partial charge in [-0.15, -0.1) is 0 Å². The maximum atomic E-state index is 13.4. The number of fused-ring (bicyclic) bond motifs is 1. The first-order chi connectivity index (χ1) is 15.8. The molecule has 2 fully saturated rings. The summed E-state index contributed by atoms with van der Waals surface area (Å²) in [6.45, 7) is 6.99. The SMILES string of the molecule is CC1(C)Cc2ccc(C(=O)N3CCCCC(C4CN(C(=O)c5cncc(O)c5)C4)C3)cc2O1. The zero-order chi connectivity index (χ0) is 23.2. The second kappa shape index (κ2) is 8.36. The quantitative estimate of drug-likeness (QED) is 0.775. The Morgan fingerprint density at radius 2 is 1.76 bits per heavy atom. The van der Waals surface area contributed by atoms with Crippen LogP contribution in [0.25, 0.3) is 0 Å². The van der Waals surface area contributed by atoms with Crippen molar-refractivity contribution in [2.24, 2.45) is 11.8 Å². The fourth-order valence-corrected chi connectivity index (χ4v) is 5.35. The number of hydrogen-bond acceptors (Lipinski definition) is 5. The fourth-order valence-electron chi connectivity index (χ4n) is 5.35. The van der Waals surface area contributed by atoms with Gasteiger partial charge < -0.3 is 19.6 Å². The number of carbonyl (C=O) groups is 2. The van der Waals surface area contributed by atoms with Crippen molar-refractivity contribution in [2.75, 3.05) is 26.2 Å². The van der Waals surface area contributed by atoms with E-state index < -0.39 is 0 Å². The topological polar surface area (TPSA) is 83.0 Å². The summed E-state index contributed by atoms with van der Waals surface area (Å²) in [5, 5.41) is 9.60. The van der Waals surface area contributed by atoms with Crippen LogP contribution in [0, 0.1) is 11.8 Å². The number of aromatic nitrogens is 1. The standard InChI is InChI=1S/C26H31N3O4/c1-26(2)11-18-7-6-17(10-23(18)33-26)24(31)28-8-4-3-5-19(14-28)21-15-29(16-21)25(32)20-9-22(30)13-27-12-20/h6-7,9-10,12-13,19,21,30H,3-5,8,11,14-16H2,1-2H3. The number of carbonyl (C=O) groups excluding carboxylic acids is 2. The van der Waals surface area contributed by atoms with Crippen molar-refractivity contribution in [1.82, 2.24) is 14.8 Å². The molecule has 1 aromatic carbocycles. The first-order valence-corrected chi connectivity index (χ1v) is 11.8. The molecule has 0 aliphatic carbocycles. The van der Waals surface area contributed by atoms with E-state index >= 15 is 0 Å². The van der Waals surface area contributed by atoms with E-state index in [-0.39, 0.29) is 23.2 Å². The molecule has 3 aliphatic heterocycles. The Morgan fingerprint density at radius 3 is 2.55 bits per heavy atom. The average Bonchev–Trinajstić information content (AvgIpc) is 2.89. The monoisotopic (exact) mass is 449 g/mol. The molecule has 1 aromatic heterocycles. The third-order valence-corrected chi connectivity index (χ3v) is 7.15. The van der Waals surface area contributed by atoms with Gasteiger partial charge in [0.15, 0.2) is 0 Å². The van der Waals surface area contributed by atoms with Crippen LogP contribution in [0.2, 0.25) is 0 Å². The number of aromatic hydroxyl groups is 1. The molecule has 33 heavy (non-hydrogen) atoms. The summed E-state index contributed by atoms with van der Waals surface area (Å²) in [6, 6.07) is 7.31. The van der Waals surface area contributed by atoms with Crippen molar-refractivity contribution >= 4 is 11.8 Å². The van der Waals surface area contributed by atoms with Crippen LogP contribution < -0.4 is 4.74 Å². The maximum Gasteiger partial charge on any atom is 0.255 e. The lowest BCUT2D eigenvalue weighted by molar-refractivity contribution is 0.0294. The van der Waals surface area contributed by atoms with Crippen LogP contribution in [0.4, 0.5) is 0 Å². The predicted molar refractivity (Wildman–Crippen MR) is 123 cm³/mol. The largest absolute Gasteiger partial charge is 0.506 e. The predicted octanol–water partition coefficient (Wildman–Crippen LogP) is 3.52. The Hall–Kier alpha value is -3.09. The fraction of sp³-hybridized carbons (Fsp3) is 0.500. The minimum absolute atomic E-state index is 0.00337. The summed E-state index contributed by atoms with van der Waals surface area (Å²) < 4.78 is 6.03. The van der Waals surface area contributed by atoms with Crippen LogP contribution >= 0.6 is 0 Å². The molecule has 0 spiro atoms. The highest BCUT2D eigenvalue weighted by atomic mass is 16.5. The maximum absolute atomic E-state index is 13.4. The van der Waals surface area contributed by atoms with E-state index in [1.165, 1.54) is 18.5 Å². The van der Waals surface area contributed by atoms with Gasteiger partial charge in [0.05, 0.1) is 11.8 Å². The van der Waals surface area contributed by atoms with Crippen LogP contribution in [0.1, 0.15) is 59.4 Å². The summed E-state index contributed by atoms with van der Waals surface area (Å²) in [6.07, 6.45) is 6.84. The third-order valence-electron chi connectivity index (χ3n) is 7.15. The van der Waals surface area contributed by atoms with E-state index in [9.17, 15) is 14.7 Å². The van der Waals surface area contributed by atoms with Gasteiger partial charge in [-0.3, -0.25) is 14.6 Å². The molecule has 5 rings (SSSR count). The Morgan fingerprint density at radius 1 is 1.00 bits per heavy atom. The second-order valence-corrected chi connectivity index (χ2v) is 10.3. The Kier molecular flexibility index (Phi) is 5.51. The van der Waals surface area contributed by atoms with Gasteiger partial charge in [-0.2, -0.15) is 0 Å². The zero-order valence-corrected chi connectivity index (χ0v) is 19.3. The number of benzene rings is 1. The van der Waals surface area contributed by atoms with Gasteiger partial charge >= 0.3 is 0 Å². The van der Waals surface area contributed by atoms with Gasteiger partial charge in [0.2, 0.25) is 0 Å². The lowest BCUT2D eigenvalue weighted by Gasteiger charge is -2.44. The molecule has 0 bridgehead atoms. The van der Waals surface area contributed by atoms with Crippen LogP contribution in [0.15, 0.2) is 36.7 Å². The van der Waals surface area contributed by atoms with E-state index in [4.69, 9.17) is 4.74 Å². The molecule has 1 unspecified atom stereocenters. The average molecular weight is 450 g/mol. The molecule has 7 heteroatoms. The molecule has 1 N–H and O–H groups in total. The summed E-state index contributed by atoms with van der Waals surface area (Å²) in [5.74, 6) is 1.56. The summed E-state index contributed by atoms with van der Waals surface area (Å²) in [7, 11) is 0. The van der Waals surface area contributed by atoms with Gasteiger partial charge in [0.25, 0.3) is 11.8 Å². The number of likely N-dealkylation sites (tertiary alicyclic amines) is 2. The van der Waals surface area contributed by atoms with Gasteiger partial charge in [-0.25, -0.2) is 0 Å². The number of hydrogen-bond donors (Lipinski definition) is 1. The molecule has 2 aromatic rings. The minimum Gasteiger partial charge on any atom is -0.506 e. The highest BCUT2D eigenvalue weighted by Crippen LogP contribution is 2.36. The second-order valence-electron chi connectivity index (χ2n) is 10.3. The van der Waals surface area contributed by atoms with Gasteiger partial charge in [0.1, 0.15) is 17.1 Å². The van der Waals surface area contributed by atoms with Crippen molar-refractivity contribution in [2.45, 2.75) is 45.1 Å². The van der Waals surface area contributed by atoms with Crippen molar-refractivity contribution in [3.05, 3.63) is 53.3 Å². The zero-order valence-electron chi connectivity index (χ0n) is 19.3. The lowest BCUT2D eigenvalue weighted by atomic mass is 9.82. The molecule has 2 amide bonds. The number of pyridine rings is 1. The number of rotatable bonds is 3. The molecular weight excluding hydrogens is 418 g/mol. The number of ether oxygens (including phenoxy) is 1. The normalized spacial score (nSPS) is 22.2. The molecular formula is C26H31N3O4. The molecule has 4 heterocycles. The van der Waals surface area contributed by atoms with Crippen LogP contribution in [0.5, 0.6) is 11.5 Å². The number of nitrogens with zero attached hydrogens (tertiary/aromatic N) is 3. The first-order valence-electron chi connectivity index (χ1n) is 11.8. The summed E-state index contributed by atoms with van der Waals surface area (Å²) in [4.78, 5) is 33.7. The van der Waals surface area contributed by atoms with Gasteiger partial charge in [-0.05, 0) is 62.3 Å². The van der Waals surface area contributed by atoms with Crippen molar-refractivity contribution < 1.29 is 19.4 Å². The van der Waals surface area contributed by atoms with Crippen LogP contribution in [-0.4, -0.2) is 63.5 Å². The van der Waals surface area contributed by atoms with Crippen LogP contribution in [0.3, 0.4) is 0 Å². The van der Waals surface area contributed by atoms with Crippen molar-refractivity contribution in [3.63, 3.8) is 0 Å². The van der Waals surface area contributed by atoms with Gasteiger partial charge in [0, 0.05) is 44.4 Å². The first kappa shape index (κ1) is 21.7. The summed E-state index contributed by atoms with van der Waals surface area (Å²) in [5.41, 5.74) is 2.04. The lowest BCUT2D eigenvalue weighted by Crippen LogP contribution is -2.54. The van der Waals surface area contributed by atoms with E-state index in [0.717, 1.165) is 50.1 Å². The third kappa shape index (κ3) is 4.41. The molecule has 174 valence electrons. The van der Waals surface area contributed by atoms with Crippen molar-refractivity contribution in [3.8, 4) is 11.5 Å². The van der Waals surface area contributed by atoms with E-state index in [1.54, 1.807) is 4.90 Å². The Bertz CT molecular complexity index is 1080. The van der Waals surface area contributed by atoms with Crippen LogP contribution in [-0.2, 0) is 6.42 Å². The Balaban J connectivity index is 1.22. The highest BCUT2D eigenvalue weighted by Gasteiger charge is 2.38. The molecule has 7 nitrogen and oxygen atoms in total. The molecule has 0 radical (unpaired) electrons. The smallest absolute Gasteiger partial charge is 0.255 e. The molecule has 2 saturated heterocycles. The van der Waals surface area contributed by atoms with E-state index in [1.807, 2.05) is 23.1 Å².